The third-order valence-corrected chi connectivity index (χ3v) is 8.32. The summed E-state index contributed by atoms with van der Waals surface area (Å²) < 4.78 is 39.8. The van der Waals surface area contributed by atoms with Crippen molar-refractivity contribution in [2.75, 3.05) is 0 Å². The number of sulfonamides is 1. The molecule has 11 heteroatoms. The van der Waals surface area contributed by atoms with Crippen molar-refractivity contribution < 1.29 is 32.3 Å². The number of carbonyl (C=O) groups excluding carboxylic acids is 2. The Kier molecular flexibility index (Phi) is 9.44. The van der Waals surface area contributed by atoms with Crippen LogP contribution < -0.4 is 15.8 Å². The molecule has 3 aromatic carbocycles. The molecule has 4 atom stereocenters. The number of aliphatic hydroxyl groups excluding tert-OH is 1. The predicted octanol–water partition coefficient (Wildman–Crippen LogP) is 3.85. The number of aliphatic hydroxyl groups is 1. The van der Waals surface area contributed by atoms with Gasteiger partial charge in [0.2, 0.25) is 10.0 Å². The molecule has 0 fully saturated rings. The lowest BCUT2D eigenvalue weighted by Crippen LogP contribution is -2.58. The van der Waals surface area contributed by atoms with Gasteiger partial charge in [0.15, 0.2) is 5.78 Å². The van der Waals surface area contributed by atoms with Crippen molar-refractivity contribution in [3.63, 3.8) is 0 Å². The minimum Gasteiger partial charge on any atom is -0.456 e. The standard InChI is InChI=1S/C30H35N3O7S/c1-18(2)15-24(32-30(36)39-17-20-9-5-4-6-10-20)29(35)27(31)28(34)19(3)33-41(37,38)21-13-14-26-23(16-21)22-11-7-8-12-25(22)40-26/h4-14,16,18-19,24,27-28,33-34H,15,17,31H2,1-3H3,(H,32,36)/t19?,24-,27-,28?/m0/s1. The van der Waals surface area contributed by atoms with Gasteiger partial charge in [0.25, 0.3) is 0 Å². The van der Waals surface area contributed by atoms with Crippen molar-refractivity contribution in [2.24, 2.45) is 11.7 Å². The SMILES string of the molecule is CC(C)C[C@H](NC(=O)OCc1ccccc1)C(=O)[C@@H](N)C(O)C(C)NS(=O)(=O)c1ccc2oc3ccccc3c2c1. The van der Waals surface area contributed by atoms with E-state index in [2.05, 4.69) is 10.0 Å². The Balaban J connectivity index is 1.43. The molecule has 0 aliphatic heterocycles. The molecule has 0 aliphatic rings. The lowest BCUT2D eigenvalue weighted by Gasteiger charge is -2.28. The average molecular weight is 582 g/mol. The van der Waals surface area contributed by atoms with Crippen LogP contribution in [0.2, 0.25) is 0 Å². The molecule has 1 aromatic heterocycles. The van der Waals surface area contributed by atoms with E-state index in [9.17, 15) is 23.1 Å². The van der Waals surface area contributed by atoms with E-state index < -0.39 is 46.1 Å². The van der Waals surface area contributed by atoms with Crippen LogP contribution in [0.15, 0.2) is 82.1 Å². The van der Waals surface area contributed by atoms with E-state index in [1.165, 1.54) is 19.1 Å². The highest BCUT2D eigenvalue weighted by molar-refractivity contribution is 7.89. The van der Waals surface area contributed by atoms with E-state index in [0.29, 0.717) is 16.6 Å². The zero-order valence-electron chi connectivity index (χ0n) is 23.1. The summed E-state index contributed by atoms with van der Waals surface area (Å²) in [6.45, 7) is 5.18. The molecule has 4 rings (SSSR count). The van der Waals surface area contributed by atoms with Gasteiger partial charge in [-0.15, -0.1) is 0 Å². The molecule has 10 nitrogen and oxygen atoms in total. The van der Waals surface area contributed by atoms with Crippen LogP contribution >= 0.6 is 0 Å². The highest BCUT2D eigenvalue weighted by Gasteiger charge is 2.35. The first kappa shape index (κ1) is 30.2. The second kappa shape index (κ2) is 12.8. The number of furan rings is 1. The number of carbonyl (C=O) groups is 2. The number of nitrogens with one attached hydrogen (secondary N) is 2. The summed E-state index contributed by atoms with van der Waals surface area (Å²) in [6, 6.07) is 17.2. The quantitative estimate of drug-likeness (QED) is 0.196. The Morgan fingerprint density at radius 3 is 2.32 bits per heavy atom. The monoisotopic (exact) mass is 581 g/mol. The van der Waals surface area contributed by atoms with Gasteiger partial charge >= 0.3 is 6.09 Å². The molecule has 0 bridgehead atoms. The highest BCUT2D eigenvalue weighted by atomic mass is 32.2. The van der Waals surface area contributed by atoms with E-state index in [1.54, 1.807) is 24.3 Å². The molecule has 0 radical (unpaired) electrons. The minimum absolute atomic E-state index is 0.00700. The third kappa shape index (κ3) is 7.31. The average Bonchev–Trinajstić information content (AvgIpc) is 3.32. The van der Waals surface area contributed by atoms with Crippen molar-refractivity contribution in [3.8, 4) is 0 Å². The number of nitrogens with two attached hydrogens (primary N) is 1. The largest absolute Gasteiger partial charge is 0.456 e. The van der Waals surface area contributed by atoms with E-state index in [-0.39, 0.29) is 23.8 Å². The van der Waals surface area contributed by atoms with Crippen LogP contribution in [0.25, 0.3) is 21.9 Å². The van der Waals surface area contributed by atoms with Crippen LogP contribution in [-0.4, -0.2) is 49.6 Å². The third-order valence-electron chi connectivity index (χ3n) is 6.76. The Labute approximate surface area is 238 Å². The predicted molar refractivity (Wildman–Crippen MR) is 155 cm³/mol. The molecule has 1 amide bonds. The number of amides is 1. The zero-order valence-corrected chi connectivity index (χ0v) is 23.9. The van der Waals surface area contributed by atoms with Crippen LogP contribution in [0.5, 0.6) is 0 Å². The number of Topliss-reactive ketones (excluding diaryl/α,β-unsaturated/α-hetero) is 1. The molecular weight excluding hydrogens is 546 g/mol. The highest BCUT2D eigenvalue weighted by Crippen LogP contribution is 2.30. The number of alkyl carbamates (subject to hydrolysis) is 1. The fourth-order valence-electron chi connectivity index (χ4n) is 4.59. The molecule has 218 valence electrons. The summed E-state index contributed by atoms with van der Waals surface area (Å²) in [5.74, 6) is -0.632. The second-order valence-corrected chi connectivity index (χ2v) is 12.2. The first-order chi connectivity index (χ1) is 19.5. The van der Waals surface area contributed by atoms with E-state index >= 15 is 0 Å². The van der Waals surface area contributed by atoms with Crippen molar-refractivity contribution in [1.29, 1.82) is 0 Å². The van der Waals surface area contributed by atoms with Crippen LogP contribution in [0.1, 0.15) is 32.8 Å². The first-order valence-corrected chi connectivity index (χ1v) is 14.8. The number of ketones is 1. The zero-order chi connectivity index (χ0) is 29.7. The fraction of sp³-hybridized carbons (Fsp3) is 0.333. The topological polar surface area (TPSA) is 161 Å². The van der Waals surface area contributed by atoms with Crippen molar-refractivity contribution in [3.05, 3.63) is 78.4 Å². The van der Waals surface area contributed by atoms with Crippen LogP contribution in [0.3, 0.4) is 0 Å². The summed E-state index contributed by atoms with van der Waals surface area (Å²) in [4.78, 5) is 25.7. The van der Waals surface area contributed by atoms with Crippen molar-refractivity contribution >= 4 is 43.8 Å². The fourth-order valence-corrected chi connectivity index (χ4v) is 5.88. The molecule has 5 N–H and O–H groups in total. The van der Waals surface area contributed by atoms with Crippen LogP contribution in [0.4, 0.5) is 4.79 Å². The number of ether oxygens (including phenoxy) is 1. The van der Waals surface area contributed by atoms with Crippen LogP contribution in [0, 0.1) is 5.92 Å². The molecule has 0 spiro atoms. The number of fused-ring (bicyclic) bond motifs is 3. The Bertz CT molecular complexity index is 1620. The number of rotatable bonds is 12. The Morgan fingerprint density at radius 1 is 0.951 bits per heavy atom. The number of hydrogen-bond acceptors (Lipinski definition) is 8. The summed E-state index contributed by atoms with van der Waals surface area (Å²) in [5, 5.41) is 14.8. The summed E-state index contributed by atoms with van der Waals surface area (Å²) >= 11 is 0. The molecule has 0 saturated carbocycles. The van der Waals surface area contributed by atoms with E-state index in [1.807, 2.05) is 50.2 Å². The van der Waals surface area contributed by atoms with Gasteiger partial charge in [-0.2, -0.15) is 0 Å². The minimum atomic E-state index is -4.10. The molecule has 4 aromatic rings. The van der Waals surface area contributed by atoms with Crippen LogP contribution in [-0.2, 0) is 26.2 Å². The summed E-state index contributed by atoms with van der Waals surface area (Å²) in [6.07, 6.45) is -2.13. The molecule has 1 heterocycles. The summed E-state index contributed by atoms with van der Waals surface area (Å²) in [5.41, 5.74) is 8.07. The normalized spacial score (nSPS) is 15.0. The van der Waals surface area contributed by atoms with Gasteiger partial charge < -0.3 is 25.3 Å². The van der Waals surface area contributed by atoms with Gasteiger partial charge in [0.05, 0.1) is 23.1 Å². The van der Waals surface area contributed by atoms with E-state index in [4.69, 9.17) is 14.9 Å². The maximum Gasteiger partial charge on any atom is 0.408 e. The van der Waals surface area contributed by atoms with Crippen molar-refractivity contribution in [2.45, 2.75) is 62.9 Å². The number of hydrogen-bond donors (Lipinski definition) is 4. The van der Waals surface area contributed by atoms with Gasteiger partial charge in [-0.25, -0.2) is 17.9 Å². The van der Waals surface area contributed by atoms with Gasteiger partial charge in [-0.05, 0) is 49.1 Å². The molecule has 41 heavy (non-hydrogen) atoms. The molecule has 0 aliphatic carbocycles. The Hall–Kier alpha value is -3.77. The number of benzene rings is 3. The first-order valence-electron chi connectivity index (χ1n) is 13.3. The second-order valence-electron chi connectivity index (χ2n) is 10.5. The molecule has 2 unspecified atom stereocenters. The maximum atomic E-state index is 13.3. The Morgan fingerprint density at radius 2 is 1.61 bits per heavy atom. The van der Waals surface area contributed by atoms with Gasteiger partial charge in [-0.1, -0.05) is 62.4 Å². The van der Waals surface area contributed by atoms with Gasteiger partial charge in [-0.3, -0.25) is 4.79 Å². The number of para-hydroxylation sites is 1. The van der Waals surface area contributed by atoms with Gasteiger partial charge in [0.1, 0.15) is 17.8 Å². The van der Waals surface area contributed by atoms with E-state index in [0.717, 1.165) is 10.9 Å². The lowest BCUT2D eigenvalue weighted by molar-refractivity contribution is -0.125. The maximum absolute atomic E-state index is 13.3. The summed E-state index contributed by atoms with van der Waals surface area (Å²) in [7, 11) is -4.10. The van der Waals surface area contributed by atoms with Crippen molar-refractivity contribution in [1.82, 2.24) is 10.0 Å². The molecular formula is C30H35N3O7S. The lowest BCUT2D eigenvalue weighted by atomic mass is 9.92. The molecule has 0 saturated heterocycles. The smallest absolute Gasteiger partial charge is 0.408 e. The van der Waals surface area contributed by atoms with Gasteiger partial charge in [0, 0.05) is 16.8 Å².